The van der Waals surface area contributed by atoms with Crippen molar-refractivity contribution in [2.24, 2.45) is 0 Å². The molecule has 58 valence electrons. The molecule has 0 aromatic carbocycles. The zero-order valence-electron chi connectivity index (χ0n) is 6.72. The number of amides is 1. The highest BCUT2D eigenvalue weighted by molar-refractivity contribution is 5.84. The molecule has 0 aromatic rings. The Balaban J connectivity index is 2.23. The Labute approximate surface area is 61.4 Å². The molecule has 0 saturated carbocycles. The molecule has 1 aliphatic heterocycles. The lowest BCUT2D eigenvalue weighted by molar-refractivity contribution is -0.121. The number of hydrogen-bond acceptors (Lipinski definition) is 2. The van der Waals surface area contributed by atoms with E-state index in [0.717, 1.165) is 6.54 Å². The fourth-order valence-electron chi connectivity index (χ4n) is 0.889. The van der Waals surface area contributed by atoms with E-state index in [1.54, 1.807) is 0 Å². The first-order chi connectivity index (χ1) is 4.61. The second kappa shape index (κ2) is 2.58. The van der Waals surface area contributed by atoms with Crippen LogP contribution in [0.15, 0.2) is 0 Å². The maximum absolute atomic E-state index is 11.1. The van der Waals surface area contributed by atoms with E-state index < -0.39 is 0 Å². The van der Waals surface area contributed by atoms with Gasteiger partial charge in [0, 0.05) is 12.6 Å². The Morgan fingerprint density at radius 1 is 1.70 bits per heavy atom. The summed E-state index contributed by atoms with van der Waals surface area (Å²) < 4.78 is 0. The van der Waals surface area contributed by atoms with Crippen molar-refractivity contribution in [3.05, 3.63) is 0 Å². The summed E-state index contributed by atoms with van der Waals surface area (Å²) >= 11 is 0. The first-order valence-corrected chi connectivity index (χ1v) is 3.62. The SMILES string of the molecule is CC(C)NC(=O)C1CN1C. The summed E-state index contributed by atoms with van der Waals surface area (Å²) in [6.45, 7) is 4.86. The van der Waals surface area contributed by atoms with Gasteiger partial charge in [-0.25, -0.2) is 0 Å². The lowest BCUT2D eigenvalue weighted by Crippen LogP contribution is -2.34. The van der Waals surface area contributed by atoms with Crippen molar-refractivity contribution in [3.63, 3.8) is 0 Å². The Kier molecular flexibility index (Phi) is 1.94. The molecule has 1 amide bonds. The van der Waals surface area contributed by atoms with Gasteiger partial charge in [0.05, 0.1) is 0 Å². The topological polar surface area (TPSA) is 32.1 Å². The summed E-state index contributed by atoms with van der Waals surface area (Å²) in [4.78, 5) is 13.1. The molecule has 1 N–H and O–H groups in total. The van der Waals surface area contributed by atoms with E-state index in [1.165, 1.54) is 0 Å². The van der Waals surface area contributed by atoms with Gasteiger partial charge in [-0.1, -0.05) is 0 Å². The normalized spacial score (nSPS) is 30.4. The molecule has 1 rings (SSSR count). The maximum atomic E-state index is 11.1. The molecule has 0 radical (unpaired) electrons. The molecule has 2 atom stereocenters. The highest BCUT2D eigenvalue weighted by Gasteiger charge is 2.36. The van der Waals surface area contributed by atoms with Crippen molar-refractivity contribution < 1.29 is 4.79 Å². The van der Waals surface area contributed by atoms with E-state index >= 15 is 0 Å². The molecule has 1 heterocycles. The molecule has 0 spiro atoms. The molecule has 10 heavy (non-hydrogen) atoms. The number of likely N-dealkylation sites (N-methyl/N-ethyl adjacent to an activating group) is 1. The third-order valence-corrected chi connectivity index (χ3v) is 1.59. The number of carbonyl (C=O) groups is 1. The monoisotopic (exact) mass is 142 g/mol. The lowest BCUT2D eigenvalue weighted by Gasteiger charge is -2.06. The minimum Gasteiger partial charge on any atom is -0.353 e. The van der Waals surface area contributed by atoms with Crippen LogP contribution in [0.3, 0.4) is 0 Å². The number of carbonyl (C=O) groups excluding carboxylic acids is 1. The van der Waals surface area contributed by atoms with Gasteiger partial charge in [0.2, 0.25) is 5.91 Å². The standard InChI is InChI=1S/C7H14N2O/c1-5(2)8-7(10)6-4-9(6)3/h5-6H,4H2,1-3H3,(H,8,10). The zero-order chi connectivity index (χ0) is 7.72. The van der Waals surface area contributed by atoms with E-state index in [4.69, 9.17) is 0 Å². The van der Waals surface area contributed by atoms with Gasteiger partial charge < -0.3 is 5.32 Å². The Hall–Kier alpha value is -0.570. The average Bonchev–Trinajstić information content (AvgIpc) is 2.44. The number of nitrogens with zero attached hydrogens (tertiary/aromatic N) is 1. The molecule has 3 heteroatoms. The average molecular weight is 142 g/mol. The van der Waals surface area contributed by atoms with Crippen molar-refractivity contribution in [3.8, 4) is 0 Å². The Bertz CT molecular complexity index is 145. The minimum atomic E-state index is 0.155. The highest BCUT2D eigenvalue weighted by Crippen LogP contribution is 2.12. The molecule has 1 saturated heterocycles. The first kappa shape index (κ1) is 7.54. The van der Waals surface area contributed by atoms with Gasteiger partial charge >= 0.3 is 0 Å². The molecular formula is C7H14N2O. The molecule has 0 aromatic heterocycles. The van der Waals surface area contributed by atoms with Gasteiger partial charge in [-0.3, -0.25) is 9.69 Å². The molecular weight excluding hydrogens is 128 g/mol. The molecule has 2 unspecified atom stereocenters. The van der Waals surface area contributed by atoms with Crippen LogP contribution in [0.1, 0.15) is 13.8 Å². The van der Waals surface area contributed by atoms with Crippen LogP contribution >= 0.6 is 0 Å². The zero-order valence-corrected chi connectivity index (χ0v) is 6.72. The van der Waals surface area contributed by atoms with Crippen molar-refractivity contribution >= 4 is 5.91 Å². The summed E-state index contributed by atoms with van der Waals surface area (Å²) in [7, 11) is 1.95. The smallest absolute Gasteiger partial charge is 0.238 e. The summed E-state index contributed by atoms with van der Waals surface area (Å²) in [6.07, 6.45) is 0. The third kappa shape index (κ3) is 1.70. The predicted octanol–water partition coefficient (Wildman–Crippen LogP) is -0.175. The second-order valence-electron chi connectivity index (χ2n) is 3.12. The van der Waals surface area contributed by atoms with Crippen LogP contribution in [0.2, 0.25) is 0 Å². The van der Waals surface area contributed by atoms with Crippen molar-refractivity contribution in [2.75, 3.05) is 13.6 Å². The molecule has 1 fully saturated rings. The molecule has 0 bridgehead atoms. The minimum absolute atomic E-state index is 0.155. The van der Waals surface area contributed by atoms with Crippen LogP contribution in [0.25, 0.3) is 0 Å². The summed E-state index contributed by atoms with van der Waals surface area (Å²) in [6, 6.07) is 0.420. The van der Waals surface area contributed by atoms with E-state index in [-0.39, 0.29) is 18.0 Å². The fourth-order valence-corrected chi connectivity index (χ4v) is 0.889. The van der Waals surface area contributed by atoms with Crippen molar-refractivity contribution in [1.82, 2.24) is 10.2 Å². The van der Waals surface area contributed by atoms with Crippen LogP contribution in [-0.2, 0) is 4.79 Å². The first-order valence-electron chi connectivity index (χ1n) is 3.62. The van der Waals surface area contributed by atoms with Crippen LogP contribution in [0, 0.1) is 0 Å². The fraction of sp³-hybridized carbons (Fsp3) is 0.857. The van der Waals surface area contributed by atoms with E-state index in [0.29, 0.717) is 0 Å². The van der Waals surface area contributed by atoms with Crippen LogP contribution < -0.4 is 5.32 Å². The quantitative estimate of drug-likeness (QED) is 0.543. The lowest BCUT2D eigenvalue weighted by atomic mass is 10.3. The molecule has 3 nitrogen and oxygen atoms in total. The molecule has 0 aliphatic carbocycles. The van der Waals surface area contributed by atoms with Gasteiger partial charge in [0.25, 0.3) is 0 Å². The van der Waals surface area contributed by atoms with Crippen LogP contribution in [0.4, 0.5) is 0 Å². The molecule has 1 aliphatic rings. The Morgan fingerprint density at radius 3 is 2.50 bits per heavy atom. The number of rotatable bonds is 2. The highest BCUT2D eigenvalue weighted by atomic mass is 16.2. The van der Waals surface area contributed by atoms with Gasteiger partial charge in [0.1, 0.15) is 6.04 Å². The van der Waals surface area contributed by atoms with Crippen molar-refractivity contribution in [1.29, 1.82) is 0 Å². The predicted molar refractivity (Wildman–Crippen MR) is 39.7 cm³/mol. The Morgan fingerprint density at radius 2 is 2.20 bits per heavy atom. The van der Waals surface area contributed by atoms with Gasteiger partial charge in [-0.15, -0.1) is 0 Å². The van der Waals surface area contributed by atoms with Crippen LogP contribution in [-0.4, -0.2) is 36.5 Å². The van der Waals surface area contributed by atoms with Gasteiger partial charge in [-0.05, 0) is 20.9 Å². The van der Waals surface area contributed by atoms with Gasteiger partial charge in [0.15, 0.2) is 0 Å². The van der Waals surface area contributed by atoms with Crippen molar-refractivity contribution in [2.45, 2.75) is 25.9 Å². The summed E-state index contributed by atoms with van der Waals surface area (Å²) in [5.41, 5.74) is 0. The third-order valence-electron chi connectivity index (χ3n) is 1.59. The number of nitrogens with one attached hydrogen (secondary N) is 1. The largest absolute Gasteiger partial charge is 0.353 e. The van der Waals surface area contributed by atoms with Gasteiger partial charge in [-0.2, -0.15) is 0 Å². The van der Waals surface area contributed by atoms with E-state index in [2.05, 4.69) is 5.32 Å². The second-order valence-corrected chi connectivity index (χ2v) is 3.12. The van der Waals surface area contributed by atoms with Crippen LogP contribution in [0.5, 0.6) is 0 Å². The number of hydrogen-bond donors (Lipinski definition) is 1. The summed E-state index contributed by atoms with van der Waals surface area (Å²) in [5, 5.41) is 2.85. The maximum Gasteiger partial charge on any atom is 0.238 e. The van der Waals surface area contributed by atoms with E-state index in [1.807, 2.05) is 25.8 Å². The summed E-state index contributed by atoms with van der Waals surface area (Å²) in [5.74, 6) is 0.164. The van der Waals surface area contributed by atoms with E-state index in [9.17, 15) is 4.79 Å².